The lowest BCUT2D eigenvalue weighted by atomic mass is 10.0. The van der Waals surface area contributed by atoms with E-state index in [9.17, 15) is 4.79 Å². The van der Waals surface area contributed by atoms with Crippen LogP contribution in [-0.2, 0) is 4.79 Å². The molecule has 0 rings (SSSR count). The second-order valence-corrected chi connectivity index (χ2v) is 2.95. The first kappa shape index (κ1) is 11.4. The molecule has 1 radical (unpaired) electrons. The second-order valence-electron chi connectivity index (χ2n) is 2.95. The maximum atomic E-state index is 10.1. The standard InChI is InChI=1S/C9H18NO2/c1-3-4-5-6-9(8(2)12)10-7-11/h7-9,12H,2-6H2,1H3,(H,10,11). The van der Waals surface area contributed by atoms with Crippen molar-refractivity contribution >= 4 is 6.41 Å². The van der Waals surface area contributed by atoms with Crippen molar-refractivity contribution in [3.63, 3.8) is 0 Å². The predicted octanol–water partition coefficient (Wildman–Crippen LogP) is 0.876. The molecule has 0 saturated heterocycles. The van der Waals surface area contributed by atoms with Crippen molar-refractivity contribution < 1.29 is 9.90 Å². The van der Waals surface area contributed by atoms with Crippen molar-refractivity contribution in [2.45, 2.75) is 44.8 Å². The van der Waals surface area contributed by atoms with Gasteiger partial charge in [0.05, 0.1) is 12.1 Å². The Morgan fingerprint density at radius 1 is 1.58 bits per heavy atom. The first-order valence-electron chi connectivity index (χ1n) is 4.43. The minimum Gasteiger partial charge on any atom is -0.391 e. The zero-order valence-electron chi connectivity index (χ0n) is 7.62. The van der Waals surface area contributed by atoms with Gasteiger partial charge < -0.3 is 10.4 Å². The van der Waals surface area contributed by atoms with Crippen LogP contribution in [0.1, 0.15) is 32.6 Å². The highest BCUT2D eigenvalue weighted by Crippen LogP contribution is 2.05. The predicted molar refractivity (Wildman–Crippen MR) is 48.5 cm³/mol. The number of hydrogen-bond acceptors (Lipinski definition) is 2. The smallest absolute Gasteiger partial charge is 0.207 e. The van der Waals surface area contributed by atoms with Crippen molar-refractivity contribution in [2.75, 3.05) is 0 Å². The van der Waals surface area contributed by atoms with Gasteiger partial charge in [0.25, 0.3) is 0 Å². The molecule has 12 heavy (non-hydrogen) atoms. The SMILES string of the molecule is [CH2]C(O)C(CCCCC)NC=O. The molecular formula is C9H18NO2. The van der Waals surface area contributed by atoms with Crippen LogP contribution < -0.4 is 5.32 Å². The highest BCUT2D eigenvalue weighted by atomic mass is 16.3. The fraction of sp³-hybridized carbons (Fsp3) is 0.778. The van der Waals surface area contributed by atoms with Crippen LogP contribution in [0.2, 0.25) is 0 Å². The topological polar surface area (TPSA) is 49.3 Å². The van der Waals surface area contributed by atoms with Crippen LogP contribution in [0.25, 0.3) is 0 Å². The van der Waals surface area contributed by atoms with Crippen LogP contribution in [0.5, 0.6) is 0 Å². The summed E-state index contributed by atoms with van der Waals surface area (Å²) in [5.74, 6) is 0. The Kier molecular flexibility index (Phi) is 6.76. The molecule has 2 unspecified atom stereocenters. The van der Waals surface area contributed by atoms with Crippen molar-refractivity contribution in [3.8, 4) is 0 Å². The van der Waals surface area contributed by atoms with Crippen molar-refractivity contribution in [1.29, 1.82) is 0 Å². The third-order valence-corrected chi connectivity index (χ3v) is 1.87. The molecule has 0 saturated carbocycles. The van der Waals surface area contributed by atoms with Gasteiger partial charge in [0.2, 0.25) is 6.41 Å². The van der Waals surface area contributed by atoms with Crippen molar-refractivity contribution in [1.82, 2.24) is 5.32 Å². The summed E-state index contributed by atoms with van der Waals surface area (Å²) in [5.41, 5.74) is 0. The van der Waals surface area contributed by atoms with Gasteiger partial charge in [-0.05, 0) is 13.3 Å². The number of hydrogen-bond donors (Lipinski definition) is 2. The molecule has 0 aromatic carbocycles. The lowest BCUT2D eigenvalue weighted by Crippen LogP contribution is -2.37. The molecular weight excluding hydrogens is 154 g/mol. The number of aliphatic hydroxyl groups is 1. The van der Waals surface area contributed by atoms with E-state index < -0.39 is 6.10 Å². The molecule has 2 atom stereocenters. The monoisotopic (exact) mass is 172 g/mol. The Bertz CT molecular complexity index is 115. The van der Waals surface area contributed by atoms with Gasteiger partial charge in [0.1, 0.15) is 0 Å². The Hall–Kier alpha value is -0.570. The summed E-state index contributed by atoms with van der Waals surface area (Å²) in [4.78, 5) is 10.1. The number of amides is 1. The number of carbonyl (C=O) groups excluding carboxylic acids is 1. The molecule has 0 aromatic rings. The summed E-state index contributed by atoms with van der Waals surface area (Å²) in [6.07, 6.45) is 4.01. The maximum absolute atomic E-state index is 10.1. The van der Waals surface area contributed by atoms with E-state index in [1.54, 1.807) is 0 Å². The van der Waals surface area contributed by atoms with Crippen molar-refractivity contribution in [2.24, 2.45) is 0 Å². The molecule has 0 aliphatic heterocycles. The lowest BCUT2D eigenvalue weighted by Gasteiger charge is -2.18. The van der Waals surface area contributed by atoms with Gasteiger partial charge in [0.15, 0.2) is 0 Å². The first-order chi connectivity index (χ1) is 5.72. The summed E-state index contributed by atoms with van der Waals surface area (Å²) in [7, 11) is 0. The lowest BCUT2D eigenvalue weighted by molar-refractivity contribution is -0.110. The highest BCUT2D eigenvalue weighted by Gasteiger charge is 2.12. The third kappa shape index (κ3) is 5.13. The van der Waals surface area contributed by atoms with E-state index in [0.717, 1.165) is 25.7 Å². The summed E-state index contributed by atoms with van der Waals surface area (Å²) in [6, 6.07) is -0.186. The van der Waals surface area contributed by atoms with E-state index in [1.165, 1.54) is 0 Å². The quantitative estimate of drug-likeness (QED) is 0.442. The van der Waals surface area contributed by atoms with E-state index in [1.807, 2.05) is 0 Å². The summed E-state index contributed by atoms with van der Waals surface area (Å²) < 4.78 is 0. The number of rotatable bonds is 7. The van der Waals surface area contributed by atoms with Gasteiger partial charge in [-0.2, -0.15) is 0 Å². The highest BCUT2D eigenvalue weighted by molar-refractivity contribution is 5.46. The van der Waals surface area contributed by atoms with Gasteiger partial charge in [0, 0.05) is 0 Å². The molecule has 0 aromatic heterocycles. The fourth-order valence-electron chi connectivity index (χ4n) is 1.09. The number of carbonyl (C=O) groups is 1. The average molecular weight is 172 g/mol. The van der Waals surface area contributed by atoms with E-state index in [4.69, 9.17) is 5.11 Å². The Balaban J connectivity index is 3.55. The van der Waals surface area contributed by atoms with Gasteiger partial charge in [-0.15, -0.1) is 0 Å². The zero-order chi connectivity index (χ0) is 9.40. The van der Waals surface area contributed by atoms with Gasteiger partial charge in [-0.3, -0.25) is 4.79 Å². The van der Waals surface area contributed by atoms with Crippen LogP contribution >= 0.6 is 0 Å². The molecule has 3 heteroatoms. The number of unbranched alkanes of at least 4 members (excludes halogenated alkanes) is 2. The summed E-state index contributed by atoms with van der Waals surface area (Å²) in [6.45, 7) is 5.58. The molecule has 0 spiro atoms. The van der Waals surface area contributed by atoms with Crippen LogP contribution in [0.15, 0.2) is 0 Å². The summed E-state index contributed by atoms with van der Waals surface area (Å²) in [5, 5.41) is 11.7. The Morgan fingerprint density at radius 2 is 2.25 bits per heavy atom. The minimum atomic E-state index is -0.702. The minimum absolute atomic E-state index is 0.186. The molecule has 2 N–H and O–H groups in total. The molecule has 0 aliphatic carbocycles. The van der Waals surface area contributed by atoms with Crippen LogP contribution in [0, 0.1) is 6.92 Å². The molecule has 1 amide bonds. The van der Waals surface area contributed by atoms with Gasteiger partial charge in [-0.1, -0.05) is 26.2 Å². The summed E-state index contributed by atoms with van der Waals surface area (Å²) >= 11 is 0. The Labute approximate surface area is 74.2 Å². The van der Waals surface area contributed by atoms with E-state index in [2.05, 4.69) is 19.2 Å². The first-order valence-corrected chi connectivity index (χ1v) is 4.43. The Morgan fingerprint density at radius 3 is 2.67 bits per heavy atom. The average Bonchev–Trinajstić information content (AvgIpc) is 2.03. The van der Waals surface area contributed by atoms with Crippen LogP contribution in [0.3, 0.4) is 0 Å². The molecule has 3 nitrogen and oxygen atoms in total. The molecule has 71 valence electrons. The third-order valence-electron chi connectivity index (χ3n) is 1.87. The normalized spacial score (nSPS) is 15.2. The van der Waals surface area contributed by atoms with Crippen LogP contribution in [-0.4, -0.2) is 23.7 Å². The fourth-order valence-corrected chi connectivity index (χ4v) is 1.09. The largest absolute Gasteiger partial charge is 0.391 e. The van der Waals surface area contributed by atoms with E-state index >= 15 is 0 Å². The van der Waals surface area contributed by atoms with E-state index in [-0.39, 0.29) is 6.04 Å². The zero-order valence-corrected chi connectivity index (χ0v) is 7.62. The van der Waals surface area contributed by atoms with Gasteiger partial charge in [-0.25, -0.2) is 0 Å². The molecule has 0 heterocycles. The number of aliphatic hydroxyl groups excluding tert-OH is 1. The van der Waals surface area contributed by atoms with Crippen LogP contribution in [0.4, 0.5) is 0 Å². The molecule has 0 aliphatic rings. The molecule has 0 bridgehead atoms. The second kappa shape index (κ2) is 7.10. The maximum Gasteiger partial charge on any atom is 0.207 e. The number of nitrogens with one attached hydrogen (secondary N) is 1. The molecule has 0 fully saturated rings. The van der Waals surface area contributed by atoms with Crippen molar-refractivity contribution in [3.05, 3.63) is 6.92 Å². The van der Waals surface area contributed by atoms with E-state index in [0.29, 0.717) is 6.41 Å². The van der Waals surface area contributed by atoms with Gasteiger partial charge >= 0.3 is 0 Å².